The smallest absolute Gasteiger partial charge is 0.264 e. The van der Waals surface area contributed by atoms with Crippen LogP contribution in [0.3, 0.4) is 0 Å². The average molecular weight is 413 g/mol. The van der Waals surface area contributed by atoms with Gasteiger partial charge in [-0.25, -0.2) is 8.42 Å². The molecular formula is C23H28N2O3S. The zero-order chi connectivity index (χ0) is 20.4. The second-order valence-electron chi connectivity index (χ2n) is 8.09. The molecule has 5 nitrogen and oxygen atoms in total. The van der Waals surface area contributed by atoms with Crippen molar-refractivity contribution in [1.29, 1.82) is 0 Å². The van der Waals surface area contributed by atoms with E-state index >= 15 is 0 Å². The van der Waals surface area contributed by atoms with E-state index in [9.17, 15) is 13.2 Å². The number of hydrogen-bond acceptors (Lipinski definition) is 3. The lowest BCUT2D eigenvalue weighted by molar-refractivity contribution is 0.0927. The molecule has 0 aromatic heterocycles. The molecule has 1 heterocycles. The molecule has 154 valence electrons. The van der Waals surface area contributed by atoms with Crippen LogP contribution < -0.4 is 9.62 Å². The van der Waals surface area contributed by atoms with Crippen molar-refractivity contribution in [3.63, 3.8) is 0 Å². The number of amides is 1. The van der Waals surface area contributed by atoms with Gasteiger partial charge < -0.3 is 5.32 Å². The van der Waals surface area contributed by atoms with Crippen LogP contribution in [-0.4, -0.2) is 26.9 Å². The van der Waals surface area contributed by atoms with Crippen LogP contribution in [0.25, 0.3) is 0 Å². The van der Waals surface area contributed by atoms with E-state index in [0.29, 0.717) is 12.1 Å². The van der Waals surface area contributed by atoms with Crippen LogP contribution in [0.2, 0.25) is 0 Å². The van der Waals surface area contributed by atoms with Gasteiger partial charge in [0.25, 0.3) is 15.9 Å². The largest absolute Gasteiger partial charge is 0.349 e. The predicted octanol–water partition coefficient (Wildman–Crippen LogP) is 4.20. The van der Waals surface area contributed by atoms with Crippen molar-refractivity contribution < 1.29 is 13.2 Å². The number of rotatable bonds is 4. The lowest BCUT2D eigenvalue weighted by Crippen LogP contribution is -2.37. The summed E-state index contributed by atoms with van der Waals surface area (Å²) in [4.78, 5) is 13.0. The molecule has 2 aromatic carbocycles. The number of nitrogens with zero attached hydrogens (tertiary/aromatic N) is 1. The summed E-state index contributed by atoms with van der Waals surface area (Å²) in [6.07, 6.45) is 7.14. The standard InChI is InChI=1S/C23H28N2O3S/c1-17-13-14-20(16-21(17)23(26)24-19-10-3-2-4-11-19)29(27,28)25-15-7-9-18-8-5-6-12-22(18)25/h5-6,8,12-14,16,19H,2-4,7,9-11,15H2,1H3,(H,24,26). The maximum Gasteiger partial charge on any atom is 0.264 e. The fraction of sp³-hybridized carbons (Fsp3) is 0.435. The summed E-state index contributed by atoms with van der Waals surface area (Å²) in [5.74, 6) is -0.175. The van der Waals surface area contributed by atoms with Crippen molar-refractivity contribution in [3.05, 3.63) is 59.2 Å². The number of para-hydroxylation sites is 1. The molecule has 2 aromatic rings. The summed E-state index contributed by atoms with van der Waals surface area (Å²) >= 11 is 0. The highest BCUT2D eigenvalue weighted by Gasteiger charge is 2.30. The number of carbonyl (C=O) groups excluding carboxylic acids is 1. The van der Waals surface area contributed by atoms with Crippen molar-refractivity contribution in [1.82, 2.24) is 5.32 Å². The Morgan fingerprint density at radius 2 is 1.79 bits per heavy atom. The Morgan fingerprint density at radius 3 is 2.59 bits per heavy atom. The molecule has 0 spiro atoms. The van der Waals surface area contributed by atoms with Gasteiger partial charge in [0, 0.05) is 18.2 Å². The van der Waals surface area contributed by atoms with E-state index in [1.165, 1.54) is 10.7 Å². The van der Waals surface area contributed by atoms with Crippen LogP contribution in [0.4, 0.5) is 5.69 Å². The van der Waals surface area contributed by atoms with Crippen molar-refractivity contribution in [3.8, 4) is 0 Å². The Morgan fingerprint density at radius 1 is 1.03 bits per heavy atom. The normalized spacial score (nSPS) is 17.6. The van der Waals surface area contributed by atoms with Crippen LogP contribution in [0, 0.1) is 6.92 Å². The van der Waals surface area contributed by atoms with E-state index in [0.717, 1.165) is 55.3 Å². The number of nitrogens with one attached hydrogen (secondary N) is 1. The Kier molecular flexibility index (Phi) is 5.63. The molecule has 2 aliphatic rings. The quantitative estimate of drug-likeness (QED) is 0.818. The molecule has 0 radical (unpaired) electrons. The summed E-state index contributed by atoms with van der Waals surface area (Å²) in [6.45, 7) is 2.30. The molecule has 1 N–H and O–H groups in total. The molecule has 0 atom stereocenters. The van der Waals surface area contributed by atoms with Gasteiger partial charge in [-0.3, -0.25) is 9.10 Å². The Labute approximate surface area is 173 Å². The number of benzene rings is 2. The number of fused-ring (bicyclic) bond motifs is 1. The summed E-state index contributed by atoms with van der Waals surface area (Å²) < 4.78 is 28.3. The average Bonchev–Trinajstić information content (AvgIpc) is 2.74. The summed E-state index contributed by atoms with van der Waals surface area (Å²) in [6, 6.07) is 12.7. The monoisotopic (exact) mass is 412 g/mol. The van der Waals surface area contributed by atoms with Gasteiger partial charge in [0.1, 0.15) is 0 Å². The molecule has 1 aliphatic carbocycles. The molecule has 6 heteroatoms. The van der Waals surface area contributed by atoms with Crippen molar-refractivity contribution in [2.45, 2.75) is 62.8 Å². The summed E-state index contributed by atoms with van der Waals surface area (Å²) in [7, 11) is -3.73. The molecule has 0 unspecified atom stereocenters. The minimum atomic E-state index is -3.73. The summed E-state index contributed by atoms with van der Waals surface area (Å²) in [5.41, 5.74) is 3.02. The third-order valence-corrected chi connectivity index (χ3v) is 7.86. The van der Waals surface area contributed by atoms with Crippen LogP contribution in [0.1, 0.15) is 60.0 Å². The molecule has 1 saturated carbocycles. The first-order valence-corrected chi connectivity index (χ1v) is 11.9. The minimum absolute atomic E-state index is 0.175. The van der Waals surface area contributed by atoms with E-state index in [2.05, 4.69) is 5.32 Å². The van der Waals surface area contributed by atoms with Crippen molar-refractivity contribution in [2.24, 2.45) is 0 Å². The third kappa shape index (κ3) is 4.04. The number of hydrogen-bond donors (Lipinski definition) is 1. The van der Waals surface area contributed by atoms with Gasteiger partial charge in [-0.15, -0.1) is 0 Å². The minimum Gasteiger partial charge on any atom is -0.349 e. The van der Waals surface area contributed by atoms with E-state index in [1.807, 2.05) is 31.2 Å². The van der Waals surface area contributed by atoms with Gasteiger partial charge in [-0.1, -0.05) is 43.5 Å². The summed E-state index contributed by atoms with van der Waals surface area (Å²) in [5, 5.41) is 3.10. The molecule has 0 bridgehead atoms. The fourth-order valence-electron chi connectivity index (χ4n) is 4.39. The zero-order valence-corrected chi connectivity index (χ0v) is 17.7. The van der Waals surface area contributed by atoms with E-state index in [4.69, 9.17) is 0 Å². The Hall–Kier alpha value is -2.34. The first-order chi connectivity index (χ1) is 14.0. The van der Waals surface area contributed by atoms with Crippen LogP contribution in [-0.2, 0) is 16.4 Å². The van der Waals surface area contributed by atoms with Crippen molar-refractivity contribution in [2.75, 3.05) is 10.8 Å². The van der Waals surface area contributed by atoms with Gasteiger partial charge in [0.15, 0.2) is 0 Å². The number of sulfonamides is 1. The third-order valence-electron chi connectivity index (χ3n) is 6.05. The van der Waals surface area contributed by atoms with Crippen LogP contribution >= 0.6 is 0 Å². The Balaban J connectivity index is 1.64. The molecule has 29 heavy (non-hydrogen) atoms. The highest BCUT2D eigenvalue weighted by Crippen LogP contribution is 2.32. The van der Waals surface area contributed by atoms with Gasteiger partial charge in [-0.05, 0) is 61.9 Å². The number of aryl methyl sites for hydroxylation is 2. The molecule has 1 aliphatic heterocycles. The first kappa shape index (κ1) is 20.0. The molecule has 1 amide bonds. The van der Waals surface area contributed by atoms with Gasteiger partial charge in [0.2, 0.25) is 0 Å². The maximum atomic E-state index is 13.4. The molecule has 0 saturated heterocycles. The molecular weight excluding hydrogens is 384 g/mol. The Bertz CT molecular complexity index is 1010. The molecule has 4 rings (SSSR count). The lowest BCUT2D eigenvalue weighted by atomic mass is 9.95. The van der Waals surface area contributed by atoms with E-state index in [-0.39, 0.29) is 16.8 Å². The number of anilines is 1. The van der Waals surface area contributed by atoms with Gasteiger partial charge in [-0.2, -0.15) is 0 Å². The van der Waals surface area contributed by atoms with Crippen molar-refractivity contribution >= 4 is 21.6 Å². The van der Waals surface area contributed by atoms with E-state index < -0.39 is 10.0 Å². The maximum absolute atomic E-state index is 13.4. The van der Waals surface area contributed by atoms with Crippen LogP contribution in [0.15, 0.2) is 47.4 Å². The SMILES string of the molecule is Cc1ccc(S(=O)(=O)N2CCCc3ccccc32)cc1C(=O)NC1CCCCC1. The van der Waals surface area contributed by atoms with Gasteiger partial charge >= 0.3 is 0 Å². The zero-order valence-electron chi connectivity index (χ0n) is 16.9. The lowest BCUT2D eigenvalue weighted by Gasteiger charge is -2.30. The van der Waals surface area contributed by atoms with Crippen LogP contribution in [0.5, 0.6) is 0 Å². The highest BCUT2D eigenvalue weighted by molar-refractivity contribution is 7.92. The number of carbonyl (C=O) groups is 1. The fourth-order valence-corrected chi connectivity index (χ4v) is 5.96. The highest BCUT2D eigenvalue weighted by atomic mass is 32.2. The second-order valence-corrected chi connectivity index (χ2v) is 9.96. The first-order valence-electron chi connectivity index (χ1n) is 10.5. The predicted molar refractivity (Wildman–Crippen MR) is 115 cm³/mol. The van der Waals surface area contributed by atoms with E-state index in [1.54, 1.807) is 18.2 Å². The second kappa shape index (κ2) is 8.19. The molecule has 1 fully saturated rings. The topological polar surface area (TPSA) is 66.5 Å². The van der Waals surface area contributed by atoms with Gasteiger partial charge in [0.05, 0.1) is 10.6 Å².